The van der Waals surface area contributed by atoms with Crippen molar-refractivity contribution in [1.29, 1.82) is 5.26 Å². The van der Waals surface area contributed by atoms with Gasteiger partial charge in [-0.3, -0.25) is 4.79 Å². The summed E-state index contributed by atoms with van der Waals surface area (Å²) in [6.45, 7) is 4.90. The first-order valence-corrected chi connectivity index (χ1v) is 11.0. The summed E-state index contributed by atoms with van der Waals surface area (Å²) in [6.07, 6.45) is 7.71. The standard InChI is InChI=1S/C24H27N7O/c1-3-21(29-23-14-18(15-25)10-11-26-23)19-9-8-17(2)30(16-19)24(32)20-6-4-5-7-22(20)31-27-12-13-28-31/h4-7,10-14,17,19,21H,3,8-9,16H2,1-2H3,(H,26,29)/t17-,19-,21?/m1/s1. The number of hydrogen-bond acceptors (Lipinski definition) is 6. The number of carbonyl (C=O) groups excluding carboxylic acids is 1. The fourth-order valence-electron chi connectivity index (χ4n) is 4.39. The molecule has 1 N–H and O–H groups in total. The zero-order valence-corrected chi connectivity index (χ0v) is 18.3. The number of anilines is 1. The number of amides is 1. The Morgan fingerprint density at radius 3 is 2.75 bits per heavy atom. The van der Waals surface area contributed by atoms with Gasteiger partial charge in [0.05, 0.1) is 35.3 Å². The minimum atomic E-state index is -0.00504. The number of rotatable bonds is 6. The summed E-state index contributed by atoms with van der Waals surface area (Å²) in [7, 11) is 0. The van der Waals surface area contributed by atoms with Gasteiger partial charge in [-0.25, -0.2) is 4.98 Å². The van der Waals surface area contributed by atoms with Gasteiger partial charge < -0.3 is 10.2 Å². The molecule has 1 unspecified atom stereocenters. The van der Waals surface area contributed by atoms with Crippen LogP contribution < -0.4 is 5.32 Å². The number of piperidine rings is 1. The SMILES string of the molecule is CCC(Nc1cc(C#N)ccn1)[C@@H]1CC[C@@H](C)N(C(=O)c2ccccc2-n2nccn2)C1. The van der Waals surface area contributed by atoms with Crippen LogP contribution >= 0.6 is 0 Å². The molecule has 0 spiro atoms. The molecular formula is C24H27N7O. The van der Waals surface area contributed by atoms with E-state index in [0.717, 1.165) is 19.3 Å². The molecule has 164 valence electrons. The van der Waals surface area contributed by atoms with E-state index in [1.165, 1.54) is 4.80 Å². The molecule has 3 aromatic rings. The summed E-state index contributed by atoms with van der Waals surface area (Å²) >= 11 is 0. The van der Waals surface area contributed by atoms with Crippen LogP contribution in [0.3, 0.4) is 0 Å². The number of likely N-dealkylation sites (tertiary alicyclic amines) is 1. The zero-order valence-electron chi connectivity index (χ0n) is 18.3. The van der Waals surface area contributed by atoms with Crippen molar-refractivity contribution < 1.29 is 4.79 Å². The molecule has 3 heterocycles. The summed E-state index contributed by atoms with van der Waals surface area (Å²) in [4.78, 5) is 21.4. The maximum absolute atomic E-state index is 13.6. The fourth-order valence-corrected chi connectivity index (χ4v) is 4.39. The summed E-state index contributed by atoms with van der Waals surface area (Å²) < 4.78 is 0. The van der Waals surface area contributed by atoms with Crippen molar-refractivity contribution in [3.05, 3.63) is 66.1 Å². The first kappa shape index (κ1) is 21.5. The van der Waals surface area contributed by atoms with Gasteiger partial charge in [-0.1, -0.05) is 19.1 Å². The summed E-state index contributed by atoms with van der Waals surface area (Å²) in [5.41, 5.74) is 1.86. The van der Waals surface area contributed by atoms with E-state index in [4.69, 9.17) is 5.26 Å². The van der Waals surface area contributed by atoms with Gasteiger partial charge in [0.1, 0.15) is 5.82 Å². The lowest BCUT2D eigenvalue weighted by molar-refractivity contribution is 0.0541. The Morgan fingerprint density at radius 1 is 1.22 bits per heavy atom. The Labute approximate surface area is 187 Å². The quantitative estimate of drug-likeness (QED) is 0.642. The number of pyridine rings is 1. The van der Waals surface area contributed by atoms with Crippen molar-refractivity contribution >= 4 is 11.7 Å². The van der Waals surface area contributed by atoms with Gasteiger partial charge in [-0.15, -0.1) is 0 Å². The van der Waals surface area contributed by atoms with Crippen molar-refractivity contribution in [2.75, 3.05) is 11.9 Å². The Kier molecular flexibility index (Phi) is 6.45. The van der Waals surface area contributed by atoms with Gasteiger partial charge >= 0.3 is 0 Å². The molecule has 1 aliphatic rings. The van der Waals surface area contributed by atoms with Crippen LogP contribution in [0.15, 0.2) is 55.0 Å². The summed E-state index contributed by atoms with van der Waals surface area (Å²) in [5, 5.41) is 21.1. The highest BCUT2D eigenvalue weighted by Crippen LogP contribution is 2.29. The molecular weight excluding hydrogens is 402 g/mol. The third kappa shape index (κ3) is 4.47. The highest BCUT2D eigenvalue weighted by atomic mass is 16.2. The zero-order chi connectivity index (χ0) is 22.5. The van der Waals surface area contributed by atoms with Gasteiger partial charge in [0.2, 0.25) is 0 Å². The van der Waals surface area contributed by atoms with Crippen molar-refractivity contribution in [1.82, 2.24) is 24.9 Å². The van der Waals surface area contributed by atoms with Gasteiger partial charge in [0.15, 0.2) is 0 Å². The van der Waals surface area contributed by atoms with E-state index in [1.54, 1.807) is 30.7 Å². The molecule has 0 bridgehead atoms. The normalized spacial score (nSPS) is 19.2. The first-order valence-electron chi connectivity index (χ1n) is 11.0. The maximum atomic E-state index is 13.6. The lowest BCUT2D eigenvalue weighted by Gasteiger charge is -2.41. The average molecular weight is 430 g/mol. The molecule has 4 rings (SSSR count). The first-order chi connectivity index (χ1) is 15.6. The van der Waals surface area contributed by atoms with E-state index in [1.807, 2.05) is 29.2 Å². The van der Waals surface area contributed by atoms with Crippen molar-refractivity contribution in [2.24, 2.45) is 5.92 Å². The summed E-state index contributed by atoms with van der Waals surface area (Å²) in [5.74, 6) is 0.972. The van der Waals surface area contributed by atoms with Crippen molar-refractivity contribution in [3.63, 3.8) is 0 Å². The molecule has 0 radical (unpaired) electrons. The maximum Gasteiger partial charge on any atom is 0.256 e. The predicted molar refractivity (Wildman–Crippen MR) is 121 cm³/mol. The van der Waals surface area contributed by atoms with Crippen LogP contribution in [0.1, 0.15) is 49.0 Å². The van der Waals surface area contributed by atoms with E-state index in [-0.39, 0.29) is 23.9 Å². The Morgan fingerprint density at radius 2 is 2.00 bits per heavy atom. The number of hydrogen-bond donors (Lipinski definition) is 1. The number of nitriles is 1. The van der Waals surface area contributed by atoms with Crippen LogP contribution in [-0.2, 0) is 0 Å². The fraction of sp³-hybridized carbons (Fsp3) is 0.375. The van der Waals surface area contributed by atoms with Gasteiger partial charge in [0.25, 0.3) is 5.91 Å². The molecule has 8 nitrogen and oxygen atoms in total. The molecule has 1 saturated heterocycles. The highest BCUT2D eigenvalue weighted by molar-refractivity contribution is 5.98. The van der Waals surface area contributed by atoms with Crippen LogP contribution in [0.4, 0.5) is 5.82 Å². The minimum absolute atomic E-state index is 0.00504. The van der Waals surface area contributed by atoms with E-state index in [9.17, 15) is 4.79 Å². The third-order valence-electron chi connectivity index (χ3n) is 6.18. The second kappa shape index (κ2) is 9.60. The highest BCUT2D eigenvalue weighted by Gasteiger charge is 2.34. The Balaban J connectivity index is 1.54. The average Bonchev–Trinajstić information content (AvgIpc) is 3.37. The molecule has 1 amide bonds. The molecule has 3 atom stereocenters. The van der Waals surface area contributed by atoms with Crippen molar-refractivity contribution in [3.8, 4) is 11.8 Å². The number of carbonyl (C=O) groups is 1. The molecule has 8 heteroatoms. The molecule has 0 aliphatic carbocycles. The number of nitrogens with zero attached hydrogens (tertiary/aromatic N) is 6. The summed E-state index contributed by atoms with van der Waals surface area (Å²) in [6, 6.07) is 13.4. The van der Waals surface area contributed by atoms with Gasteiger partial charge in [0, 0.05) is 24.8 Å². The van der Waals surface area contributed by atoms with Crippen LogP contribution in [-0.4, -0.2) is 49.4 Å². The number of para-hydroxylation sites is 1. The predicted octanol–water partition coefficient (Wildman–Crippen LogP) is 3.67. The molecule has 1 aromatic carbocycles. The Hall–Kier alpha value is -3.73. The second-order valence-corrected chi connectivity index (χ2v) is 8.18. The van der Waals surface area contributed by atoms with Crippen LogP contribution in [0, 0.1) is 17.2 Å². The molecule has 2 aromatic heterocycles. The Bertz CT molecular complexity index is 1110. The van der Waals surface area contributed by atoms with E-state index in [2.05, 4.69) is 40.4 Å². The minimum Gasteiger partial charge on any atom is -0.367 e. The molecule has 1 fully saturated rings. The largest absolute Gasteiger partial charge is 0.367 e. The van der Waals surface area contributed by atoms with E-state index < -0.39 is 0 Å². The molecule has 1 aliphatic heterocycles. The number of aromatic nitrogens is 4. The molecule has 0 saturated carbocycles. The second-order valence-electron chi connectivity index (χ2n) is 8.18. The monoisotopic (exact) mass is 429 g/mol. The van der Waals surface area contributed by atoms with Crippen molar-refractivity contribution in [2.45, 2.75) is 45.2 Å². The smallest absolute Gasteiger partial charge is 0.256 e. The van der Waals surface area contributed by atoms with Crippen LogP contribution in [0.25, 0.3) is 5.69 Å². The van der Waals surface area contributed by atoms with Gasteiger partial charge in [-0.05, 0) is 56.4 Å². The lowest BCUT2D eigenvalue weighted by Crippen LogP contribution is -2.49. The third-order valence-corrected chi connectivity index (χ3v) is 6.18. The number of benzene rings is 1. The number of nitrogens with one attached hydrogen (secondary N) is 1. The van der Waals surface area contributed by atoms with Crippen LogP contribution in [0.5, 0.6) is 0 Å². The molecule has 32 heavy (non-hydrogen) atoms. The van der Waals surface area contributed by atoms with Crippen LogP contribution in [0.2, 0.25) is 0 Å². The van der Waals surface area contributed by atoms with E-state index in [0.29, 0.717) is 29.2 Å². The lowest BCUT2D eigenvalue weighted by atomic mass is 9.86. The topological polar surface area (TPSA) is 99.7 Å². The van der Waals surface area contributed by atoms with Gasteiger partial charge in [-0.2, -0.15) is 20.3 Å². The van der Waals surface area contributed by atoms with E-state index >= 15 is 0 Å².